The molecule has 1 atom stereocenters. The molecule has 0 bridgehead atoms. The summed E-state index contributed by atoms with van der Waals surface area (Å²) in [5.41, 5.74) is 7.40. The zero-order valence-electron chi connectivity index (χ0n) is 6.26. The minimum absolute atomic E-state index is 0.116. The van der Waals surface area contributed by atoms with Gasteiger partial charge in [-0.1, -0.05) is 13.3 Å². The Morgan fingerprint density at radius 3 is 2.60 bits per heavy atom. The van der Waals surface area contributed by atoms with Gasteiger partial charge in [-0.05, 0) is 6.42 Å². The second kappa shape index (κ2) is 5.20. The highest BCUT2D eigenvalue weighted by Crippen LogP contribution is 2.02. The molecule has 0 saturated carbocycles. The molecule has 1 amide bonds. The van der Waals surface area contributed by atoms with Crippen molar-refractivity contribution in [1.82, 2.24) is 5.43 Å². The summed E-state index contributed by atoms with van der Waals surface area (Å²) in [7, 11) is 0. The van der Waals surface area contributed by atoms with Crippen molar-refractivity contribution >= 4 is 5.91 Å². The van der Waals surface area contributed by atoms with Gasteiger partial charge < -0.3 is 5.73 Å². The van der Waals surface area contributed by atoms with E-state index in [9.17, 15) is 4.79 Å². The fourth-order valence-electron chi connectivity index (χ4n) is 0.822. The predicted molar refractivity (Wildman–Crippen MR) is 39.8 cm³/mol. The summed E-state index contributed by atoms with van der Waals surface area (Å²) < 4.78 is 0. The van der Waals surface area contributed by atoms with E-state index in [2.05, 4.69) is 5.43 Å². The van der Waals surface area contributed by atoms with E-state index in [0.29, 0.717) is 6.54 Å². The van der Waals surface area contributed by atoms with Crippen LogP contribution in [0.5, 0.6) is 0 Å². The number of hydrogen-bond donors (Lipinski definition) is 3. The van der Waals surface area contributed by atoms with Crippen LogP contribution in [0.25, 0.3) is 0 Å². The van der Waals surface area contributed by atoms with Crippen molar-refractivity contribution in [2.45, 2.75) is 19.8 Å². The second-order valence-electron chi connectivity index (χ2n) is 2.23. The number of rotatable bonds is 4. The zero-order valence-corrected chi connectivity index (χ0v) is 6.26. The Hall–Kier alpha value is -0.610. The first-order valence-corrected chi connectivity index (χ1v) is 3.46. The largest absolute Gasteiger partial charge is 0.330 e. The van der Waals surface area contributed by atoms with Crippen LogP contribution in [0.3, 0.4) is 0 Å². The predicted octanol–water partition coefficient (Wildman–Crippen LogP) is -0.649. The molecular formula is C6H15N3O. The fraction of sp³-hybridized carbons (Fsp3) is 0.833. The third-order valence-electron chi connectivity index (χ3n) is 1.43. The lowest BCUT2D eigenvalue weighted by Gasteiger charge is -2.10. The van der Waals surface area contributed by atoms with Crippen molar-refractivity contribution in [2.24, 2.45) is 17.5 Å². The van der Waals surface area contributed by atoms with Crippen LogP contribution < -0.4 is 17.0 Å². The number of hydrogen-bond acceptors (Lipinski definition) is 3. The number of hydrazine groups is 1. The van der Waals surface area contributed by atoms with E-state index >= 15 is 0 Å². The van der Waals surface area contributed by atoms with Crippen LogP contribution in [0.1, 0.15) is 19.8 Å². The molecule has 0 fully saturated rings. The summed E-state index contributed by atoms with van der Waals surface area (Å²) in [5, 5.41) is 0. The molecule has 1 unspecified atom stereocenters. The Morgan fingerprint density at radius 1 is 1.70 bits per heavy atom. The normalized spacial score (nSPS) is 12.7. The van der Waals surface area contributed by atoms with E-state index in [1.165, 1.54) is 0 Å². The Bertz CT molecular complexity index is 105. The number of carbonyl (C=O) groups is 1. The van der Waals surface area contributed by atoms with Crippen LogP contribution in [0.4, 0.5) is 0 Å². The van der Waals surface area contributed by atoms with Gasteiger partial charge in [-0.25, -0.2) is 5.84 Å². The molecule has 0 saturated heterocycles. The summed E-state index contributed by atoms with van der Waals surface area (Å²) in [6.07, 6.45) is 1.76. The monoisotopic (exact) mass is 145 g/mol. The van der Waals surface area contributed by atoms with Gasteiger partial charge in [0.15, 0.2) is 0 Å². The third-order valence-corrected chi connectivity index (χ3v) is 1.43. The first kappa shape index (κ1) is 9.39. The summed E-state index contributed by atoms with van der Waals surface area (Å²) >= 11 is 0. The molecule has 0 radical (unpaired) electrons. The molecule has 0 aromatic carbocycles. The molecule has 0 aromatic rings. The van der Waals surface area contributed by atoms with Crippen molar-refractivity contribution < 1.29 is 4.79 Å². The molecule has 0 spiro atoms. The van der Waals surface area contributed by atoms with Crippen LogP contribution >= 0.6 is 0 Å². The highest BCUT2D eigenvalue weighted by molar-refractivity contribution is 5.78. The maximum atomic E-state index is 10.8. The zero-order chi connectivity index (χ0) is 7.98. The first-order chi connectivity index (χ1) is 4.76. The Balaban J connectivity index is 3.68. The molecule has 60 valence electrons. The van der Waals surface area contributed by atoms with Crippen molar-refractivity contribution in [3.05, 3.63) is 0 Å². The smallest absolute Gasteiger partial charge is 0.238 e. The topological polar surface area (TPSA) is 81.1 Å². The quantitative estimate of drug-likeness (QED) is 0.279. The van der Waals surface area contributed by atoms with E-state index in [-0.39, 0.29) is 11.8 Å². The van der Waals surface area contributed by atoms with E-state index in [4.69, 9.17) is 11.6 Å². The van der Waals surface area contributed by atoms with Gasteiger partial charge in [0.1, 0.15) is 0 Å². The van der Waals surface area contributed by atoms with Crippen LogP contribution in [0, 0.1) is 5.92 Å². The SMILES string of the molecule is CCCC(CN)C(=O)NN. The molecule has 5 N–H and O–H groups in total. The molecule has 4 heteroatoms. The van der Waals surface area contributed by atoms with Gasteiger partial charge in [-0.15, -0.1) is 0 Å². The molecule has 0 rings (SSSR count). The van der Waals surface area contributed by atoms with E-state index in [1.54, 1.807) is 0 Å². The molecule has 0 aliphatic heterocycles. The van der Waals surface area contributed by atoms with Gasteiger partial charge in [0, 0.05) is 6.54 Å². The molecule has 10 heavy (non-hydrogen) atoms. The van der Waals surface area contributed by atoms with Crippen LogP contribution in [-0.2, 0) is 4.79 Å². The standard InChI is InChI=1S/C6H15N3O/c1-2-3-5(4-7)6(10)9-8/h5H,2-4,7-8H2,1H3,(H,9,10). The molecular weight excluding hydrogens is 130 g/mol. The average Bonchev–Trinajstić information content (AvgIpc) is 1.99. The maximum absolute atomic E-state index is 10.8. The van der Waals surface area contributed by atoms with Gasteiger partial charge >= 0.3 is 0 Å². The highest BCUT2D eigenvalue weighted by Gasteiger charge is 2.13. The van der Waals surface area contributed by atoms with Crippen molar-refractivity contribution in [2.75, 3.05) is 6.54 Å². The summed E-state index contributed by atoms with van der Waals surface area (Å²) in [6.45, 7) is 2.38. The van der Waals surface area contributed by atoms with E-state index < -0.39 is 0 Å². The van der Waals surface area contributed by atoms with E-state index in [1.807, 2.05) is 6.92 Å². The summed E-state index contributed by atoms with van der Waals surface area (Å²) in [4.78, 5) is 10.8. The second-order valence-corrected chi connectivity index (χ2v) is 2.23. The Morgan fingerprint density at radius 2 is 2.30 bits per heavy atom. The highest BCUT2D eigenvalue weighted by atomic mass is 16.2. The molecule has 0 heterocycles. The summed E-state index contributed by atoms with van der Waals surface area (Å²) in [6, 6.07) is 0. The Kier molecular flexibility index (Phi) is 4.88. The van der Waals surface area contributed by atoms with Crippen LogP contribution in [0.15, 0.2) is 0 Å². The lowest BCUT2D eigenvalue weighted by Crippen LogP contribution is -2.38. The third kappa shape index (κ3) is 2.80. The number of amides is 1. The first-order valence-electron chi connectivity index (χ1n) is 3.46. The van der Waals surface area contributed by atoms with Gasteiger partial charge in [0.25, 0.3) is 0 Å². The Labute approximate surface area is 60.9 Å². The molecule has 4 nitrogen and oxygen atoms in total. The minimum Gasteiger partial charge on any atom is -0.330 e. The van der Waals surface area contributed by atoms with Gasteiger partial charge in [-0.2, -0.15) is 0 Å². The van der Waals surface area contributed by atoms with Crippen molar-refractivity contribution in [1.29, 1.82) is 0 Å². The maximum Gasteiger partial charge on any atom is 0.238 e. The number of carbonyl (C=O) groups excluding carboxylic acids is 1. The van der Waals surface area contributed by atoms with E-state index in [0.717, 1.165) is 12.8 Å². The fourth-order valence-corrected chi connectivity index (χ4v) is 0.822. The average molecular weight is 145 g/mol. The van der Waals surface area contributed by atoms with Crippen molar-refractivity contribution in [3.8, 4) is 0 Å². The van der Waals surface area contributed by atoms with Gasteiger partial charge in [-0.3, -0.25) is 10.2 Å². The lowest BCUT2D eigenvalue weighted by atomic mass is 10.0. The van der Waals surface area contributed by atoms with Crippen LogP contribution in [0.2, 0.25) is 0 Å². The molecule has 0 aliphatic rings. The van der Waals surface area contributed by atoms with Crippen LogP contribution in [-0.4, -0.2) is 12.5 Å². The van der Waals surface area contributed by atoms with Gasteiger partial charge in [0.05, 0.1) is 5.92 Å². The number of nitrogens with one attached hydrogen (secondary N) is 1. The minimum atomic E-state index is -0.163. The molecule has 0 aromatic heterocycles. The number of nitrogens with two attached hydrogens (primary N) is 2. The van der Waals surface area contributed by atoms with Crippen molar-refractivity contribution in [3.63, 3.8) is 0 Å². The molecule has 0 aliphatic carbocycles. The lowest BCUT2D eigenvalue weighted by molar-refractivity contribution is -0.124. The summed E-state index contributed by atoms with van der Waals surface area (Å²) in [5.74, 6) is 4.65. The van der Waals surface area contributed by atoms with Gasteiger partial charge in [0.2, 0.25) is 5.91 Å².